The van der Waals surface area contributed by atoms with Gasteiger partial charge in [-0.2, -0.15) is 0 Å². The molecule has 4 aliphatic rings. The quantitative estimate of drug-likeness (QED) is 0.798. The second-order valence-electron chi connectivity index (χ2n) is 7.56. The molecule has 2 aromatic rings. The molecule has 0 aromatic heterocycles. The molecular formula is C22H19NO5. The highest BCUT2D eigenvalue weighted by Crippen LogP contribution is 2.51. The fraction of sp³-hybridized carbons (Fsp3) is 0.318. The molecule has 0 saturated heterocycles. The number of fused-ring (bicyclic) bond motifs is 7. The van der Waals surface area contributed by atoms with Crippen LogP contribution in [0.25, 0.3) is 11.8 Å². The number of nitrogens with zero attached hydrogens (tertiary/aromatic N) is 1. The van der Waals surface area contributed by atoms with Gasteiger partial charge in [-0.3, -0.25) is 4.79 Å². The molecule has 0 N–H and O–H groups in total. The van der Waals surface area contributed by atoms with Gasteiger partial charge in [-0.1, -0.05) is 6.07 Å². The van der Waals surface area contributed by atoms with Gasteiger partial charge >= 0.3 is 0 Å². The van der Waals surface area contributed by atoms with Crippen molar-refractivity contribution < 1.29 is 23.7 Å². The van der Waals surface area contributed by atoms with Gasteiger partial charge in [0, 0.05) is 29.8 Å². The molecule has 0 aliphatic carbocycles. The Balaban J connectivity index is 1.56. The molecule has 28 heavy (non-hydrogen) atoms. The molecule has 0 spiro atoms. The first-order valence-electron chi connectivity index (χ1n) is 9.52. The average molecular weight is 377 g/mol. The lowest BCUT2D eigenvalue weighted by Crippen LogP contribution is -2.36. The van der Waals surface area contributed by atoms with Crippen LogP contribution in [0.3, 0.4) is 0 Å². The van der Waals surface area contributed by atoms with Gasteiger partial charge < -0.3 is 23.8 Å². The van der Waals surface area contributed by atoms with E-state index < -0.39 is 0 Å². The number of ether oxygens (including phenoxy) is 4. The Morgan fingerprint density at radius 1 is 1.07 bits per heavy atom. The number of hydrogen-bond donors (Lipinski definition) is 0. The summed E-state index contributed by atoms with van der Waals surface area (Å²) in [4.78, 5) is 14.5. The lowest BCUT2D eigenvalue weighted by atomic mass is 9.84. The average Bonchev–Trinajstić information content (AvgIpc) is 3.34. The van der Waals surface area contributed by atoms with Crippen molar-refractivity contribution in [2.75, 3.05) is 20.1 Å². The van der Waals surface area contributed by atoms with Crippen LogP contribution in [0, 0.1) is 0 Å². The number of carbonyl (C=O) groups is 1. The second kappa shape index (κ2) is 5.67. The Bertz CT molecular complexity index is 1060. The largest absolute Gasteiger partial charge is 0.454 e. The summed E-state index contributed by atoms with van der Waals surface area (Å²) in [6.45, 7) is 2.97. The zero-order valence-corrected chi connectivity index (χ0v) is 15.5. The van der Waals surface area contributed by atoms with Gasteiger partial charge in [0.1, 0.15) is 5.78 Å². The molecule has 6 rings (SSSR count). The maximum Gasteiger partial charge on any atom is 0.231 e. The highest BCUT2D eigenvalue weighted by atomic mass is 16.7. The van der Waals surface area contributed by atoms with E-state index in [1.807, 2.05) is 6.07 Å². The molecule has 0 saturated carbocycles. The van der Waals surface area contributed by atoms with Crippen molar-refractivity contribution in [2.45, 2.75) is 25.8 Å². The van der Waals surface area contributed by atoms with Crippen molar-refractivity contribution in [1.82, 2.24) is 4.90 Å². The van der Waals surface area contributed by atoms with Crippen LogP contribution in [0.15, 0.2) is 24.3 Å². The summed E-state index contributed by atoms with van der Waals surface area (Å²) in [7, 11) is 0. The standard InChI is InChI=1S/C22H19NO5/c1-12(24)6-17-21-14(2-3-18-22(21)28-11-25-18)7-16-15-9-20-19(26-10-27-20)8-13(15)4-5-23(16)17/h2-3,7-9,17H,4-6,10-11H2,1H3. The first-order chi connectivity index (χ1) is 13.7. The second-order valence-corrected chi connectivity index (χ2v) is 7.56. The first kappa shape index (κ1) is 15.9. The summed E-state index contributed by atoms with van der Waals surface area (Å²) < 4.78 is 22.5. The molecular weight excluding hydrogens is 358 g/mol. The van der Waals surface area contributed by atoms with Crippen LogP contribution in [0.1, 0.15) is 41.6 Å². The molecule has 0 radical (unpaired) electrons. The molecule has 4 aliphatic heterocycles. The zero-order valence-electron chi connectivity index (χ0n) is 15.5. The number of benzene rings is 2. The monoisotopic (exact) mass is 377 g/mol. The first-order valence-corrected chi connectivity index (χ1v) is 9.52. The van der Waals surface area contributed by atoms with Gasteiger partial charge in [-0.25, -0.2) is 0 Å². The van der Waals surface area contributed by atoms with Crippen LogP contribution in [-0.4, -0.2) is 30.8 Å². The Morgan fingerprint density at radius 2 is 1.86 bits per heavy atom. The predicted octanol–water partition coefficient (Wildman–Crippen LogP) is 3.53. The smallest absolute Gasteiger partial charge is 0.231 e. The van der Waals surface area contributed by atoms with Crippen LogP contribution < -0.4 is 18.9 Å². The minimum atomic E-state index is -0.0669. The van der Waals surface area contributed by atoms with E-state index in [-0.39, 0.29) is 25.4 Å². The number of Topliss-reactive ketones (excluding diaryl/α,β-unsaturated/α-hetero) is 1. The van der Waals surface area contributed by atoms with Crippen LogP contribution in [-0.2, 0) is 11.2 Å². The van der Waals surface area contributed by atoms with E-state index in [1.54, 1.807) is 6.92 Å². The Kier molecular flexibility index (Phi) is 3.21. The van der Waals surface area contributed by atoms with Crippen molar-refractivity contribution in [2.24, 2.45) is 0 Å². The number of carbonyl (C=O) groups excluding carboxylic acids is 1. The maximum atomic E-state index is 12.1. The third-order valence-electron chi connectivity index (χ3n) is 5.90. The summed E-state index contributed by atoms with van der Waals surface area (Å²) in [5.41, 5.74) is 5.65. The minimum Gasteiger partial charge on any atom is -0.454 e. The van der Waals surface area contributed by atoms with Crippen LogP contribution >= 0.6 is 0 Å². The lowest BCUT2D eigenvalue weighted by Gasteiger charge is -2.43. The summed E-state index contributed by atoms with van der Waals surface area (Å²) in [6.07, 6.45) is 3.51. The number of rotatable bonds is 2. The zero-order chi connectivity index (χ0) is 18.8. The lowest BCUT2D eigenvalue weighted by molar-refractivity contribution is -0.118. The third-order valence-corrected chi connectivity index (χ3v) is 5.90. The molecule has 142 valence electrons. The summed E-state index contributed by atoms with van der Waals surface area (Å²) in [6, 6.07) is 8.09. The molecule has 0 fully saturated rings. The molecule has 2 aromatic carbocycles. The fourth-order valence-electron chi connectivity index (χ4n) is 4.70. The van der Waals surface area contributed by atoms with Crippen molar-refractivity contribution in [3.63, 3.8) is 0 Å². The summed E-state index contributed by atoms with van der Waals surface area (Å²) in [5, 5.41) is 0. The molecule has 1 unspecified atom stereocenters. The predicted molar refractivity (Wildman–Crippen MR) is 101 cm³/mol. The SMILES string of the molecule is CC(=O)CC1c2c(ccc3c2OCO3)C=C2c3cc4c(cc3CCN21)OCO4. The van der Waals surface area contributed by atoms with Gasteiger partial charge in [0.15, 0.2) is 23.0 Å². The van der Waals surface area contributed by atoms with Gasteiger partial charge in [0.25, 0.3) is 0 Å². The molecule has 6 heteroatoms. The van der Waals surface area contributed by atoms with E-state index in [0.717, 1.165) is 58.4 Å². The molecule has 0 bridgehead atoms. The molecule has 1 atom stereocenters. The fourth-order valence-corrected chi connectivity index (χ4v) is 4.70. The number of ketones is 1. The minimum absolute atomic E-state index is 0.0669. The van der Waals surface area contributed by atoms with Gasteiger partial charge in [-0.15, -0.1) is 0 Å². The highest BCUT2D eigenvalue weighted by Gasteiger charge is 2.38. The van der Waals surface area contributed by atoms with E-state index in [0.29, 0.717) is 6.42 Å². The van der Waals surface area contributed by atoms with E-state index in [1.165, 1.54) is 5.56 Å². The third kappa shape index (κ3) is 2.17. The van der Waals surface area contributed by atoms with E-state index in [4.69, 9.17) is 18.9 Å². The Labute approximate surface area is 162 Å². The van der Waals surface area contributed by atoms with Crippen molar-refractivity contribution in [1.29, 1.82) is 0 Å². The summed E-state index contributed by atoms with van der Waals surface area (Å²) >= 11 is 0. The maximum absolute atomic E-state index is 12.1. The van der Waals surface area contributed by atoms with Gasteiger partial charge in [-0.05, 0) is 48.7 Å². The summed E-state index contributed by atoms with van der Waals surface area (Å²) in [5.74, 6) is 3.28. The normalized spacial score (nSPS) is 20.2. The molecule has 4 heterocycles. The van der Waals surface area contributed by atoms with Crippen molar-refractivity contribution in [3.8, 4) is 23.0 Å². The number of hydrogen-bond acceptors (Lipinski definition) is 6. The topological polar surface area (TPSA) is 57.2 Å². The van der Waals surface area contributed by atoms with E-state index in [9.17, 15) is 4.79 Å². The van der Waals surface area contributed by atoms with Gasteiger partial charge in [0.2, 0.25) is 13.6 Å². The highest BCUT2D eigenvalue weighted by molar-refractivity contribution is 5.89. The van der Waals surface area contributed by atoms with E-state index in [2.05, 4.69) is 29.2 Å². The molecule has 6 nitrogen and oxygen atoms in total. The Hall–Kier alpha value is -3.15. The van der Waals surface area contributed by atoms with Crippen molar-refractivity contribution >= 4 is 17.6 Å². The van der Waals surface area contributed by atoms with Crippen LogP contribution in [0.5, 0.6) is 23.0 Å². The van der Waals surface area contributed by atoms with Crippen LogP contribution in [0.4, 0.5) is 0 Å². The Morgan fingerprint density at radius 3 is 2.71 bits per heavy atom. The molecule has 0 amide bonds. The van der Waals surface area contributed by atoms with E-state index >= 15 is 0 Å². The van der Waals surface area contributed by atoms with Crippen molar-refractivity contribution in [3.05, 3.63) is 46.5 Å². The van der Waals surface area contributed by atoms with Crippen LogP contribution in [0.2, 0.25) is 0 Å². The van der Waals surface area contributed by atoms with Gasteiger partial charge in [0.05, 0.1) is 6.04 Å².